The molecule has 0 atom stereocenters. The van der Waals surface area contributed by atoms with Crippen LogP contribution in [0.1, 0.15) is 40.2 Å². The smallest absolute Gasteiger partial charge is 0.0106 e. The molecule has 1 aromatic carbocycles. The van der Waals surface area contributed by atoms with Crippen LogP contribution in [0.4, 0.5) is 0 Å². The van der Waals surface area contributed by atoms with E-state index in [1.54, 1.807) is 0 Å². The summed E-state index contributed by atoms with van der Waals surface area (Å²) in [5.74, 6) is 0. The molecule has 0 aliphatic carbocycles. The predicted octanol–water partition coefficient (Wildman–Crippen LogP) is 4.73. The van der Waals surface area contributed by atoms with Crippen LogP contribution in [-0.4, -0.2) is 6.26 Å². The summed E-state index contributed by atoms with van der Waals surface area (Å²) in [6, 6.07) is 8.61. The summed E-state index contributed by atoms with van der Waals surface area (Å²) in [4.78, 5) is 1.39. The normalized spacial score (nSPS) is 10.4. The Kier molecular flexibility index (Phi) is 5.94. The Labute approximate surface area is 93.1 Å². The van der Waals surface area contributed by atoms with Crippen LogP contribution in [0.15, 0.2) is 29.2 Å². The molecule has 14 heavy (non-hydrogen) atoms. The van der Waals surface area contributed by atoms with Gasteiger partial charge in [0, 0.05) is 4.90 Å². The van der Waals surface area contributed by atoms with Crippen LogP contribution >= 0.6 is 11.8 Å². The summed E-state index contributed by atoms with van der Waals surface area (Å²) in [6.45, 7) is 10.8. The molecule has 0 aliphatic rings. The molecule has 0 N–H and O–H groups in total. The first-order chi connectivity index (χ1) is 6.55. The zero-order chi connectivity index (χ0) is 11.2. The Hall–Kier alpha value is -0.430. The summed E-state index contributed by atoms with van der Waals surface area (Å²) >= 11 is 1.82. The fourth-order valence-corrected chi connectivity index (χ4v) is 2.07. The average molecular weight is 210 g/mol. The van der Waals surface area contributed by atoms with Gasteiger partial charge in [-0.2, -0.15) is 0 Å². The molecule has 0 heterocycles. The summed E-state index contributed by atoms with van der Waals surface area (Å²) in [5.41, 5.74) is 1.71. The lowest BCUT2D eigenvalue weighted by atomic mass is 9.87. The van der Waals surface area contributed by atoms with E-state index in [2.05, 4.69) is 51.3 Å². The third-order valence-corrected chi connectivity index (χ3v) is 2.71. The molecule has 0 amide bonds. The van der Waals surface area contributed by atoms with Gasteiger partial charge >= 0.3 is 0 Å². The standard InChI is InChI=1S/C11H16S.C2H6/c1-11(2,3)9-7-5-6-8-10(9)12-4;1-2/h5-8H,1-4H3;1-2H3. The fourth-order valence-electron chi connectivity index (χ4n) is 1.26. The van der Waals surface area contributed by atoms with E-state index in [0.717, 1.165) is 0 Å². The lowest BCUT2D eigenvalue weighted by Crippen LogP contribution is -2.12. The predicted molar refractivity (Wildman–Crippen MR) is 68.3 cm³/mol. The maximum atomic E-state index is 2.25. The fraction of sp³-hybridized carbons (Fsp3) is 0.538. The summed E-state index contributed by atoms with van der Waals surface area (Å²) in [5, 5.41) is 0. The minimum atomic E-state index is 0.263. The van der Waals surface area contributed by atoms with Gasteiger partial charge in [0.2, 0.25) is 0 Å². The molecule has 0 radical (unpaired) electrons. The number of rotatable bonds is 1. The van der Waals surface area contributed by atoms with Crippen molar-refractivity contribution in [2.24, 2.45) is 0 Å². The second kappa shape index (κ2) is 6.13. The van der Waals surface area contributed by atoms with Crippen molar-refractivity contribution in [2.75, 3.05) is 6.26 Å². The lowest BCUT2D eigenvalue weighted by Gasteiger charge is -2.21. The molecule has 1 heteroatoms. The van der Waals surface area contributed by atoms with Crippen LogP contribution in [0.3, 0.4) is 0 Å². The van der Waals surface area contributed by atoms with E-state index in [9.17, 15) is 0 Å². The van der Waals surface area contributed by atoms with E-state index >= 15 is 0 Å². The molecule has 1 rings (SSSR count). The maximum absolute atomic E-state index is 2.25. The van der Waals surface area contributed by atoms with E-state index in [1.807, 2.05) is 25.6 Å². The van der Waals surface area contributed by atoms with Crippen molar-refractivity contribution in [3.63, 3.8) is 0 Å². The second-order valence-electron chi connectivity index (χ2n) is 3.95. The Morgan fingerprint density at radius 3 is 1.86 bits per heavy atom. The van der Waals surface area contributed by atoms with Gasteiger partial charge in [-0.3, -0.25) is 0 Å². The van der Waals surface area contributed by atoms with Crippen LogP contribution < -0.4 is 0 Å². The number of hydrogen-bond acceptors (Lipinski definition) is 1. The van der Waals surface area contributed by atoms with E-state index in [-0.39, 0.29) is 5.41 Å². The number of thioether (sulfide) groups is 1. The molecule has 1 aromatic rings. The first-order valence-electron chi connectivity index (χ1n) is 5.19. The van der Waals surface area contributed by atoms with Gasteiger partial charge in [0.15, 0.2) is 0 Å². The van der Waals surface area contributed by atoms with Gasteiger partial charge in [-0.15, -0.1) is 11.8 Å². The molecule has 0 unspecified atom stereocenters. The van der Waals surface area contributed by atoms with Crippen molar-refractivity contribution in [3.8, 4) is 0 Å². The van der Waals surface area contributed by atoms with E-state index in [1.165, 1.54) is 10.5 Å². The summed E-state index contributed by atoms with van der Waals surface area (Å²) in [7, 11) is 0. The largest absolute Gasteiger partial charge is 0.129 e. The quantitative estimate of drug-likeness (QED) is 0.604. The second-order valence-corrected chi connectivity index (χ2v) is 4.80. The van der Waals surface area contributed by atoms with E-state index in [0.29, 0.717) is 0 Å². The van der Waals surface area contributed by atoms with Crippen LogP contribution in [0.5, 0.6) is 0 Å². The highest BCUT2D eigenvalue weighted by Gasteiger charge is 2.16. The zero-order valence-electron chi connectivity index (χ0n) is 10.2. The van der Waals surface area contributed by atoms with Crippen LogP contribution in [0.2, 0.25) is 0 Å². The first kappa shape index (κ1) is 13.6. The minimum Gasteiger partial charge on any atom is -0.129 e. The minimum absolute atomic E-state index is 0.263. The monoisotopic (exact) mass is 210 g/mol. The molecule has 0 nitrogen and oxygen atoms in total. The van der Waals surface area contributed by atoms with Crippen molar-refractivity contribution in [1.82, 2.24) is 0 Å². The Bertz CT molecular complexity index is 258. The third kappa shape index (κ3) is 3.75. The van der Waals surface area contributed by atoms with Crippen molar-refractivity contribution in [3.05, 3.63) is 29.8 Å². The molecule has 80 valence electrons. The summed E-state index contributed by atoms with van der Waals surface area (Å²) < 4.78 is 0. The highest BCUT2D eigenvalue weighted by atomic mass is 32.2. The van der Waals surface area contributed by atoms with Crippen LogP contribution in [0.25, 0.3) is 0 Å². The number of hydrogen-bond donors (Lipinski definition) is 0. The van der Waals surface area contributed by atoms with Gasteiger partial charge in [0.25, 0.3) is 0 Å². The van der Waals surface area contributed by atoms with Crippen LogP contribution in [0, 0.1) is 0 Å². The van der Waals surface area contributed by atoms with Crippen LogP contribution in [-0.2, 0) is 5.41 Å². The van der Waals surface area contributed by atoms with Gasteiger partial charge in [-0.25, -0.2) is 0 Å². The molecule has 0 spiro atoms. The molecule has 0 saturated heterocycles. The Morgan fingerprint density at radius 2 is 1.50 bits per heavy atom. The topological polar surface area (TPSA) is 0 Å². The zero-order valence-corrected chi connectivity index (χ0v) is 11.0. The van der Waals surface area contributed by atoms with Gasteiger partial charge < -0.3 is 0 Å². The maximum Gasteiger partial charge on any atom is 0.0106 e. The lowest BCUT2D eigenvalue weighted by molar-refractivity contribution is 0.578. The molecule has 0 aromatic heterocycles. The Balaban J connectivity index is 0.000000791. The van der Waals surface area contributed by atoms with E-state index in [4.69, 9.17) is 0 Å². The van der Waals surface area contributed by atoms with Crippen molar-refractivity contribution in [2.45, 2.75) is 44.9 Å². The van der Waals surface area contributed by atoms with Crippen molar-refractivity contribution in [1.29, 1.82) is 0 Å². The first-order valence-corrected chi connectivity index (χ1v) is 6.41. The van der Waals surface area contributed by atoms with Crippen molar-refractivity contribution >= 4 is 11.8 Å². The van der Waals surface area contributed by atoms with E-state index < -0.39 is 0 Å². The average Bonchev–Trinajstić information content (AvgIpc) is 2.19. The molecule has 0 bridgehead atoms. The molecule has 0 saturated carbocycles. The molecular weight excluding hydrogens is 188 g/mol. The summed E-state index contributed by atoms with van der Waals surface area (Å²) in [6.07, 6.45) is 2.13. The molecule has 0 fully saturated rings. The Morgan fingerprint density at radius 1 is 1.00 bits per heavy atom. The third-order valence-electron chi connectivity index (χ3n) is 1.91. The van der Waals surface area contributed by atoms with Crippen molar-refractivity contribution < 1.29 is 0 Å². The number of benzene rings is 1. The van der Waals surface area contributed by atoms with Gasteiger partial charge in [0.1, 0.15) is 0 Å². The highest BCUT2D eigenvalue weighted by Crippen LogP contribution is 2.30. The van der Waals surface area contributed by atoms with Gasteiger partial charge in [-0.1, -0.05) is 52.8 Å². The molecule has 0 aliphatic heterocycles. The van der Waals surface area contributed by atoms with Gasteiger partial charge in [-0.05, 0) is 23.3 Å². The van der Waals surface area contributed by atoms with Gasteiger partial charge in [0.05, 0.1) is 0 Å². The molecular formula is C13H22S. The highest BCUT2D eigenvalue weighted by molar-refractivity contribution is 7.98. The SMILES string of the molecule is CC.CSc1ccccc1C(C)(C)C.